The fraction of sp³-hybridized carbons (Fsp3) is 0.364. The van der Waals surface area contributed by atoms with Crippen molar-refractivity contribution in [3.63, 3.8) is 0 Å². The first-order valence-electron chi connectivity index (χ1n) is 9.74. The normalized spacial score (nSPS) is 15.4. The molecule has 1 atom stereocenters. The lowest BCUT2D eigenvalue weighted by atomic mass is 10.0. The van der Waals surface area contributed by atoms with E-state index in [0.29, 0.717) is 26.1 Å². The number of rotatable bonds is 7. The Morgan fingerprint density at radius 1 is 1.24 bits per heavy atom. The molecule has 1 unspecified atom stereocenters. The third-order valence-corrected chi connectivity index (χ3v) is 4.75. The van der Waals surface area contributed by atoms with Crippen molar-refractivity contribution in [2.75, 3.05) is 32.1 Å². The Bertz CT molecular complexity index is 867. The quantitative estimate of drug-likeness (QED) is 0.775. The molecule has 0 bridgehead atoms. The predicted molar refractivity (Wildman–Crippen MR) is 113 cm³/mol. The van der Waals surface area contributed by atoms with Gasteiger partial charge in [0.25, 0.3) is 0 Å². The molecule has 0 aliphatic carbocycles. The third-order valence-electron chi connectivity index (χ3n) is 4.75. The van der Waals surface area contributed by atoms with Crippen LogP contribution in [0.3, 0.4) is 0 Å². The highest BCUT2D eigenvalue weighted by Crippen LogP contribution is 2.21. The number of carbonyl (C=O) groups excluding carboxylic acids is 1. The summed E-state index contributed by atoms with van der Waals surface area (Å²) < 4.78 is 13.5. The van der Waals surface area contributed by atoms with Crippen LogP contribution >= 0.6 is 0 Å². The van der Waals surface area contributed by atoms with Gasteiger partial charge in [-0.1, -0.05) is 29.4 Å². The Kier molecular flexibility index (Phi) is 6.69. The number of urea groups is 1. The largest absolute Gasteiger partial charge is 0.390 e. The van der Waals surface area contributed by atoms with Crippen molar-refractivity contribution in [3.8, 4) is 0 Å². The highest BCUT2D eigenvalue weighted by atomic mass is 19.1. The lowest BCUT2D eigenvalue weighted by Crippen LogP contribution is -2.43. The van der Waals surface area contributed by atoms with E-state index in [1.807, 2.05) is 50.2 Å². The van der Waals surface area contributed by atoms with E-state index in [1.165, 1.54) is 12.1 Å². The molecule has 1 aliphatic rings. The molecule has 6 nitrogen and oxygen atoms in total. The van der Waals surface area contributed by atoms with Crippen molar-refractivity contribution in [3.05, 3.63) is 65.5 Å². The van der Waals surface area contributed by atoms with Crippen LogP contribution in [0.4, 0.5) is 14.9 Å². The maximum Gasteiger partial charge on any atom is 0.317 e. The van der Waals surface area contributed by atoms with Crippen LogP contribution in [0.2, 0.25) is 0 Å². The number of benzene rings is 2. The second-order valence-electron chi connectivity index (χ2n) is 7.26. The van der Waals surface area contributed by atoms with Gasteiger partial charge in [-0.15, -0.1) is 0 Å². The number of halogens is 1. The number of nitrogens with one attached hydrogen (secondary N) is 1. The fourth-order valence-corrected chi connectivity index (χ4v) is 3.23. The third kappa shape index (κ3) is 5.47. The number of carbonyl (C=O) groups is 1. The van der Waals surface area contributed by atoms with Gasteiger partial charge in [-0.25, -0.2) is 9.18 Å². The minimum absolute atomic E-state index is 0.204. The van der Waals surface area contributed by atoms with Crippen molar-refractivity contribution in [1.29, 1.82) is 0 Å². The molecule has 2 aromatic rings. The maximum absolute atomic E-state index is 13.5. The Labute approximate surface area is 170 Å². The number of nitrogens with zero attached hydrogens (tertiary/aromatic N) is 3. The van der Waals surface area contributed by atoms with Crippen molar-refractivity contribution < 1.29 is 14.0 Å². The number of oxime groups is 1. The first-order valence-corrected chi connectivity index (χ1v) is 9.74. The maximum atomic E-state index is 13.5. The van der Waals surface area contributed by atoms with Gasteiger partial charge < -0.3 is 20.0 Å². The summed E-state index contributed by atoms with van der Waals surface area (Å²) in [6, 6.07) is 14.2. The average molecular weight is 398 g/mol. The summed E-state index contributed by atoms with van der Waals surface area (Å²) in [7, 11) is 3.99. The van der Waals surface area contributed by atoms with Crippen LogP contribution in [0.1, 0.15) is 24.5 Å². The topological polar surface area (TPSA) is 57.2 Å². The molecule has 154 valence electrons. The second-order valence-corrected chi connectivity index (χ2v) is 7.26. The lowest BCUT2D eigenvalue weighted by molar-refractivity contribution is 0.0590. The SMILES string of the molecule is CCNC(=O)N(Cc1cccc(F)c1)CC1CC(c2ccc(N(C)C)cc2)=NO1. The van der Waals surface area contributed by atoms with E-state index in [9.17, 15) is 9.18 Å². The molecule has 2 amide bonds. The molecular formula is C22H27FN4O2. The molecule has 0 saturated carbocycles. The molecule has 0 saturated heterocycles. The van der Waals surface area contributed by atoms with Gasteiger partial charge in [-0.3, -0.25) is 0 Å². The van der Waals surface area contributed by atoms with Crippen LogP contribution in [0.25, 0.3) is 0 Å². The number of hydrogen-bond acceptors (Lipinski definition) is 4. The molecule has 0 radical (unpaired) electrons. The molecule has 29 heavy (non-hydrogen) atoms. The molecule has 1 aliphatic heterocycles. The summed E-state index contributed by atoms with van der Waals surface area (Å²) in [6.45, 7) is 3.05. The Balaban J connectivity index is 1.65. The lowest BCUT2D eigenvalue weighted by Gasteiger charge is -2.25. The molecule has 7 heteroatoms. The first-order chi connectivity index (χ1) is 14.0. The summed E-state index contributed by atoms with van der Waals surface area (Å²) in [5, 5.41) is 7.04. The molecule has 1 heterocycles. The highest BCUT2D eigenvalue weighted by Gasteiger charge is 2.27. The van der Waals surface area contributed by atoms with E-state index in [4.69, 9.17) is 4.84 Å². The van der Waals surface area contributed by atoms with Crippen LogP contribution < -0.4 is 10.2 Å². The standard InChI is InChI=1S/C22H27FN4O2/c1-4-24-22(28)27(14-16-6-5-7-18(23)12-16)15-20-13-21(25-29-20)17-8-10-19(11-9-17)26(2)3/h5-12,20H,4,13-15H2,1-3H3,(H,24,28). The van der Waals surface area contributed by atoms with Crippen LogP contribution in [0.5, 0.6) is 0 Å². The molecule has 0 aromatic heterocycles. The van der Waals surface area contributed by atoms with Crippen LogP contribution in [-0.2, 0) is 11.4 Å². The van der Waals surface area contributed by atoms with Crippen molar-refractivity contribution >= 4 is 17.4 Å². The van der Waals surface area contributed by atoms with E-state index < -0.39 is 0 Å². The summed E-state index contributed by atoms with van der Waals surface area (Å²) in [4.78, 5) is 21.8. The average Bonchev–Trinajstić information content (AvgIpc) is 3.16. The summed E-state index contributed by atoms with van der Waals surface area (Å²) in [5.41, 5.74) is 3.71. The summed E-state index contributed by atoms with van der Waals surface area (Å²) >= 11 is 0. The van der Waals surface area contributed by atoms with Crippen molar-refractivity contribution in [1.82, 2.24) is 10.2 Å². The van der Waals surface area contributed by atoms with Gasteiger partial charge in [-0.05, 0) is 42.3 Å². The van der Waals surface area contributed by atoms with E-state index >= 15 is 0 Å². The van der Waals surface area contributed by atoms with Gasteiger partial charge in [0.15, 0.2) is 6.10 Å². The smallest absolute Gasteiger partial charge is 0.317 e. The number of anilines is 1. The second kappa shape index (κ2) is 9.41. The number of amides is 2. The zero-order valence-corrected chi connectivity index (χ0v) is 17.1. The van der Waals surface area contributed by atoms with Gasteiger partial charge in [0.1, 0.15) is 5.82 Å². The minimum Gasteiger partial charge on any atom is -0.390 e. The molecule has 3 rings (SSSR count). The number of hydrogen-bond donors (Lipinski definition) is 1. The Morgan fingerprint density at radius 2 is 2.00 bits per heavy atom. The molecular weight excluding hydrogens is 371 g/mol. The van der Waals surface area contributed by atoms with Crippen molar-refractivity contribution in [2.45, 2.75) is 26.0 Å². The van der Waals surface area contributed by atoms with E-state index in [-0.39, 0.29) is 18.0 Å². The zero-order chi connectivity index (χ0) is 20.8. The molecule has 2 aromatic carbocycles. The Hall–Kier alpha value is -3.09. The van der Waals surface area contributed by atoms with Crippen LogP contribution in [0.15, 0.2) is 53.7 Å². The summed E-state index contributed by atoms with van der Waals surface area (Å²) in [5.74, 6) is -0.317. The first kappa shape index (κ1) is 20.6. The molecule has 0 fully saturated rings. The molecule has 1 N–H and O–H groups in total. The van der Waals surface area contributed by atoms with Gasteiger partial charge in [0.05, 0.1) is 12.3 Å². The van der Waals surface area contributed by atoms with Gasteiger partial charge in [-0.2, -0.15) is 0 Å². The molecule has 0 spiro atoms. The minimum atomic E-state index is -0.317. The highest BCUT2D eigenvalue weighted by molar-refractivity contribution is 6.01. The van der Waals surface area contributed by atoms with E-state index in [0.717, 1.165) is 22.5 Å². The monoisotopic (exact) mass is 398 g/mol. The van der Waals surface area contributed by atoms with Crippen molar-refractivity contribution in [2.24, 2.45) is 5.16 Å². The predicted octanol–water partition coefficient (Wildman–Crippen LogP) is 3.62. The van der Waals surface area contributed by atoms with Gasteiger partial charge in [0.2, 0.25) is 0 Å². The van der Waals surface area contributed by atoms with E-state index in [1.54, 1.807) is 17.0 Å². The fourth-order valence-electron chi connectivity index (χ4n) is 3.23. The zero-order valence-electron chi connectivity index (χ0n) is 17.1. The van der Waals surface area contributed by atoms with E-state index in [2.05, 4.69) is 10.5 Å². The van der Waals surface area contributed by atoms with Gasteiger partial charge in [0, 0.05) is 39.3 Å². The Morgan fingerprint density at radius 3 is 2.66 bits per heavy atom. The van der Waals surface area contributed by atoms with Crippen LogP contribution in [-0.4, -0.2) is 49.9 Å². The van der Waals surface area contributed by atoms with Gasteiger partial charge >= 0.3 is 6.03 Å². The van der Waals surface area contributed by atoms with Crippen LogP contribution in [0, 0.1) is 5.82 Å². The summed E-state index contributed by atoms with van der Waals surface area (Å²) in [6.07, 6.45) is 0.370.